The molecule has 6 heteroatoms. The molecule has 0 aliphatic heterocycles. The van der Waals surface area contributed by atoms with E-state index < -0.39 is 0 Å². The van der Waals surface area contributed by atoms with Gasteiger partial charge in [-0.1, -0.05) is 28.1 Å². The molecule has 1 aromatic heterocycles. The average Bonchev–Trinajstić information content (AvgIpc) is 2.68. The molecule has 0 aliphatic carbocycles. The van der Waals surface area contributed by atoms with Gasteiger partial charge in [-0.3, -0.25) is 5.43 Å². The van der Waals surface area contributed by atoms with E-state index in [2.05, 4.69) is 31.4 Å². The number of rotatable bonds is 3. The number of hydrogen-bond donors (Lipinski definition) is 2. The number of nitrogen functional groups attached to an aromatic ring is 1. The second kappa shape index (κ2) is 5.29. The van der Waals surface area contributed by atoms with Gasteiger partial charge in [-0.15, -0.1) is 11.3 Å². The molecule has 2 rings (SSSR count). The number of nitrogens with one attached hydrogen (secondary N) is 1. The van der Waals surface area contributed by atoms with Crippen LogP contribution < -0.4 is 11.2 Å². The van der Waals surface area contributed by atoms with E-state index in [1.54, 1.807) is 11.6 Å². The van der Waals surface area contributed by atoms with Gasteiger partial charge >= 0.3 is 0 Å². The van der Waals surface area contributed by atoms with Crippen LogP contribution in [0, 0.1) is 6.92 Å². The highest BCUT2D eigenvalue weighted by Gasteiger charge is 1.98. The van der Waals surface area contributed by atoms with Crippen LogP contribution in [-0.2, 0) is 0 Å². The van der Waals surface area contributed by atoms with Crippen molar-refractivity contribution in [2.24, 2.45) is 5.10 Å². The van der Waals surface area contributed by atoms with Crippen LogP contribution in [0.25, 0.3) is 0 Å². The third kappa shape index (κ3) is 3.28. The van der Waals surface area contributed by atoms with E-state index in [1.165, 1.54) is 16.9 Å². The average molecular weight is 311 g/mol. The van der Waals surface area contributed by atoms with Gasteiger partial charge in [-0.05, 0) is 18.6 Å². The predicted octanol–water partition coefficient (Wildman–Crippen LogP) is 3.24. The number of thiazole rings is 1. The van der Waals surface area contributed by atoms with Crippen molar-refractivity contribution in [1.29, 1.82) is 0 Å². The lowest BCUT2D eigenvalue weighted by molar-refractivity contribution is 1.29. The lowest BCUT2D eigenvalue weighted by Gasteiger charge is -1.99. The molecule has 0 atom stereocenters. The highest BCUT2D eigenvalue weighted by atomic mass is 79.9. The zero-order valence-corrected chi connectivity index (χ0v) is 11.5. The topological polar surface area (TPSA) is 63.3 Å². The van der Waals surface area contributed by atoms with Crippen LogP contribution in [0.4, 0.5) is 10.9 Å². The molecule has 0 fully saturated rings. The molecule has 0 unspecified atom stereocenters. The Labute approximate surface area is 112 Å². The summed E-state index contributed by atoms with van der Waals surface area (Å²) in [6, 6.07) is 6.08. The number of benzene rings is 1. The summed E-state index contributed by atoms with van der Waals surface area (Å²) in [5, 5.41) is 6.55. The summed E-state index contributed by atoms with van der Waals surface area (Å²) >= 11 is 4.90. The van der Waals surface area contributed by atoms with E-state index in [1.807, 2.05) is 25.1 Å². The Hall–Kier alpha value is -1.40. The molecule has 3 N–H and O–H groups in total. The first-order valence-electron chi connectivity index (χ1n) is 4.91. The molecule has 0 spiro atoms. The number of anilines is 2. The molecule has 1 heterocycles. The Morgan fingerprint density at radius 2 is 2.35 bits per heavy atom. The minimum absolute atomic E-state index is 0.504. The molecular formula is C11H11BrN4S. The second-order valence-corrected chi connectivity index (χ2v) is 5.18. The van der Waals surface area contributed by atoms with Crippen molar-refractivity contribution in [3.63, 3.8) is 0 Å². The normalized spacial score (nSPS) is 10.9. The lowest BCUT2D eigenvalue weighted by Crippen LogP contribution is -1.92. The molecule has 17 heavy (non-hydrogen) atoms. The van der Waals surface area contributed by atoms with Crippen LogP contribution >= 0.6 is 27.3 Å². The Morgan fingerprint density at radius 3 is 3.00 bits per heavy atom. The van der Waals surface area contributed by atoms with Gasteiger partial charge in [-0.2, -0.15) is 5.10 Å². The number of halogens is 1. The van der Waals surface area contributed by atoms with Crippen LogP contribution in [0.3, 0.4) is 0 Å². The summed E-state index contributed by atoms with van der Waals surface area (Å²) in [7, 11) is 0. The third-order valence-electron chi connectivity index (χ3n) is 2.04. The van der Waals surface area contributed by atoms with Gasteiger partial charge in [0.2, 0.25) is 5.13 Å². The third-order valence-corrected chi connectivity index (χ3v) is 3.49. The zero-order chi connectivity index (χ0) is 12.3. The molecule has 0 aliphatic rings. The molecule has 4 nitrogen and oxygen atoms in total. The Kier molecular flexibility index (Phi) is 3.75. The maximum atomic E-state index is 5.50. The fourth-order valence-corrected chi connectivity index (χ4v) is 2.38. The summed E-state index contributed by atoms with van der Waals surface area (Å²) in [6.07, 6.45) is 1.74. The SMILES string of the molecule is Cc1ccc(C=NNc2nc(N)cs2)c(Br)c1. The number of nitrogens with two attached hydrogens (primary N) is 1. The van der Waals surface area contributed by atoms with Crippen LogP contribution in [0.15, 0.2) is 33.2 Å². The molecule has 0 saturated heterocycles. The van der Waals surface area contributed by atoms with Gasteiger partial charge in [0.1, 0.15) is 5.82 Å². The van der Waals surface area contributed by atoms with Gasteiger partial charge in [0.05, 0.1) is 6.21 Å². The quantitative estimate of drug-likeness (QED) is 0.675. The van der Waals surface area contributed by atoms with Crippen molar-refractivity contribution in [3.05, 3.63) is 39.2 Å². The summed E-state index contributed by atoms with van der Waals surface area (Å²) in [5.74, 6) is 0.504. The fourth-order valence-electron chi connectivity index (χ4n) is 1.23. The van der Waals surface area contributed by atoms with Gasteiger partial charge in [-0.25, -0.2) is 4.98 Å². The Bertz CT molecular complexity index is 550. The number of aryl methyl sites for hydroxylation is 1. The monoisotopic (exact) mass is 310 g/mol. The van der Waals surface area contributed by atoms with Crippen molar-refractivity contribution in [2.75, 3.05) is 11.2 Å². The summed E-state index contributed by atoms with van der Waals surface area (Å²) in [6.45, 7) is 2.04. The van der Waals surface area contributed by atoms with E-state index in [9.17, 15) is 0 Å². The van der Waals surface area contributed by atoms with Crippen LogP contribution in [-0.4, -0.2) is 11.2 Å². The van der Waals surface area contributed by atoms with Crippen molar-refractivity contribution < 1.29 is 0 Å². The molecule has 0 amide bonds. The second-order valence-electron chi connectivity index (χ2n) is 3.47. The number of nitrogens with zero attached hydrogens (tertiary/aromatic N) is 2. The maximum Gasteiger partial charge on any atom is 0.205 e. The van der Waals surface area contributed by atoms with E-state index in [4.69, 9.17) is 5.73 Å². The lowest BCUT2D eigenvalue weighted by atomic mass is 10.2. The van der Waals surface area contributed by atoms with Crippen molar-refractivity contribution in [3.8, 4) is 0 Å². The number of hydrazone groups is 1. The highest BCUT2D eigenvalue weighted by Crippen LogP contribution is 2.18. The van der Waals surface area contributed by atoms with E-state index in [0.717, 1.165) is 10.0 Å². The predicted molar refractivity (Wildman–Crippen MR) is 76.6 cm³/mol. The Morgan fingerprint density at radius 1 is 1.53 bits per heavy atom. The van der Waals surface area contributed by atoms with Gasteiger partial charge in [0.25, 0.3) is 0 Å². The number of aromatic nitrogens is 1. The first kappa shape index (κ1) is 12.1. The largest absolute Gasteiger partial charge is 0.383 e. The Balaban J connectivity index is 2.05. The molecule has 1 aromatic carbocycles. The van der Waals surface area contributed by atoms with Gasteiger partial charge in [0.15, 0.2) is 0 Å². The summed E-state index contributed by atoms with van der Waals surface area (Å²) < 4.78 is 1.02. The molecule has 0 saturated carbocycles. The standard InChI is InChI=1S/C11H11BrN4S/c1-7-2-3-8(9(12)4-7)5-14-16-11-15-10(13)6-17-11/h2-6H,13H2,1H3,(H,15,16). The van der Waals surface area contributed by atoms with Gasteiger partial charge < -0.3 is 5.73 Å². The minimum Gasteiger partial charge on any atom is -0.383 e. The van der Waals surface area contributed by atoms with Crippen molar-refractivity contribution in [1.82, 2.24) is 4.98 Å². The highest BCUT2D eigenvalue weighted by molar-refractivity contribution is 9.10. The first-order valence-corrected chi connectivity index (χ1v) is 6.58. The molecule has 0 bridgehead atoms. The van der Waals surface area contributed by atoms with E-state index in [-0.39, 0.29) is 0 Å². The molecule has 0 radical (unpaired) electrons. The fraction of sp³-hybridized carbons (Fsp3) is 0.0909. The summed E-state index contributed by atoms with van der Waals surface area (Å²) in [5.41, 5.74) is 10.5. The molecule has 2 aromatic rings. The smallest absolute Gasteiger partial charge is 0.205 e. The van der Waals surface area contributed by atoms with E-state index >= 15 is 0 Å². The molecular weight excluding hydrogens is 300 g/mol. The van der Waals surface area contributed by atoms with Crippen LogP contribution in [0.1, 0.15) is 11.1 Å². The van der Waals surface area contributed by atoms with E-state index in [0.29, 0.717) is 10.9 Å². The minimum atomic E-state index is 0.504. The zero-order valence-electron chi connectivity index (χ0n) is 9.14. The van der Waals surface area contributed by atoms with Crippen LogP contribution in [0.2, 0.25) is 0 Å². The van der Waals surface area contributed by atoms with Crippen molar-refractivity contribution in [2.45, 2.75) is 6.92 Å². The van der Waals surface area contributed by atoms with Crippen molar-refractivity contribution >= 4 is 44.4 Å². The number of hydrogen-bond acceptors (Lipinski definition) is 5. The first-order chi connectivity index (χ1) is 8.15. The maximum absolute atomic E-state index is 5.50. The van der Waals surface area contributed by atoms with Crippen LogP contribution in [0.5, 0.6) is 0 Å². The molecule has 88 valence electrons. The summed E-state index contributed by atoms with van der Waals surface area (Å²) in [4.78, 5) is 4.04. The van der Waals surface area contributed by atoms with Gasteiger partial charge in [0, 0.05) is 15.4 Å².